The number of aromatic nitrogens is 1. The van der Waals surface area contributed by atoms with Gasteiger partial charge in [-0.1, -0.05) is 41.9 Å². The van der Waals surface area contributed by atoms with Crippen LogP contribution in [0.2, 0.25) is 5.02 Å². The van der Waals surface area contributed by atoms with E-state index in [1.54, 1.807) is 24.3 Å². The number of pyridine rings is 1. The molecule has 0 spiro atoms. The third-order valence-electron chi connectivity index (χ3n) is 5.69. The molecule has 6 nitrogen and oxygen atoms in total. The topological polar surface area (TPSA) is 77.9 Å². The highest BCUT2D eigenvalue weighted by Gasteiger charge is 2.18. The summed E-state index contributed by atoms with van der Waals surface area (Å²) in [6.07, 6.45) is 3.00. The highest BCUT2D eigenvalue weighted by Crippen LogP contribution is 2.27. The van der Waals surface area contributed by atoms with Crippen molar-refractivity contribution in [3.05, 3.63) is 100.0 Å². The summed E-state index contributed by atoms with van der Waals surface area (Å²) in [5.74, 6) is -1.14. The van der Waals surface area contributed by atoms with E-state index < -0.39 is 24.6 Å². The molecule has 0 fully saturated rings. The van der Waals surface area contributed by atoms with E-state index in [0.717, 1.165) is 11.1 Å². The second kappa shape index (κ2) is 12.5. The van der Waals surface area contributed by atoms with Crippen LogP contribution in [0.4, 0.5) is 8.78 Å². The molecule has 1 aromatic heterocycles. The summed E-state index contributed by atoms with van der Waals surface area (Å²) in [6, 6.07) is 18.2. The summed E-state index contributed by atoms with van der Waals surface area (Å²) in [4.78, 5) is 16.2. The van der Waals surface area contributed by atoms with Crippen molar-refractivity contribution in [2.45, 2.75) is 6.10 Å². The molecule has 0 aliphatic carbocycles. The largest absolute Gasteiger partial charge is 0.497 e. The van der Waals surface area contributed by atoms with Crippen LogP contribution in [-0.4, -0.2) is 43.1 Å². The van der Waals surface area contributed by atoms with Gasteiger partial charge in [-0.05, 0) is 59.7 Å². The number of nitrogens with zero attached hydrogens (tertiary/aromatic N) is 1. The molecule has 38 heavy (non-hydrogen) atoms. The van der Waals surface area contributed by atoms with E-state index in [-0.39, 0.29) is 29.5 Å². The lowest BCUT2D eigenvalue weighted by atomic mass is 10.1. The van der Waals surface area contributed by atoms with Crippen LogP contribution in [0.15, 0.2) is 66.7 Å². The van der Waals surface area contributed by atoms with Crippen LogP contribution in [0, 0.1) is 5.82 Å². The van der Waals surface area contributed by atoms with Crippen molar-refractivity contribution in [2.75, 3.05) is 27.0 Å². The number of ether oxygens (including phenoxy) is 3. The average molecular weight is 540 g/mol. The SMILES string of the molecule is COc1ccc(OC[C@H](OCCF)c2cccc(/C=C/c3ccc4cc(F)c(Cl)cc4n3)c2)c(C(=O)O)c1. The fraction of sp³-hybridized carbons (Fsp3) is 0.172. The summed E-state index contributed by atoms with van der Waals surface area (Å²) in [6.45, 7) is -0.865. The molecule has 0 radical (unpaired) electrons. The molecule has 1 N–H and O–H groups in total. The lowest BCUT2D eigenvalue weighted by Crippen LogP contribution is -2.16. The van der Waals surface area contributed by atoms with Crippen LogP contribution in [-0.2, 0) is 4.74 Å². The van der Waals surface area contributed by atoms with Crippen LogP contribution in [0.5, 0.6) is 11.5 Å². The lowest BCUT2D eigenvalue weighted by Gasteiger charge is -2.20. The number of methoxy groups -OCH3 is 1. The number of fused-ring (bicyclic) bond motifs is 1. The third kappa shape index (κ3) is 6.65. The molecule has 0 saturated carbocycles. The number of hydrogen-bond donors (Lipinski definition) is 1. The molecule has 0 aliphatic heterocycles. The van der Waals surface area contributed by atoms with Gasteiger partial charge in [0.25, 0.3) is 0 Å². The Labute approximate surface area is 223 Å². The van der Waals surface area contributed by atoms with Crippen molar-refractivity contribution in [3.63, 3.8) is 0 Å². The Morgan fingerprint density at radius 2 is 1.95 bits per heavy atom. The summed E-state index contributed by atoms with van der Waals surface area (Å²) < 4.78 is 43.2. The lowest BCUT2D eigenvalue weighted by molar-refractivity contribution is 0.0122. The van der Waals surface area contributed by atoms with Gasteiger partial charge >= 0.3 is 5.97 Å². The maximum Gasteiger partial charge on any atom is 0.339 e. The summed E-state index contributed by atoms with van der Waals surface area (Å²) in [5.41, 5.74) is 2.71. The number of hydrogen-bond acceptors (Lipinski definition) is 5. The van der Waals surface area contributed by atoms with Crippen LogP contribution in [0.3, 0.4) is 0 Å². The number of carboxylic acids is 1. The van der Waals surface area contributed by atoms with Gasteiger partial charge in [-0.2, -0.15) is 0 Å². The van der Waals surface area contributed by atoms with E-state index in [2.05, 4.69) is 4.98 Å². The minimum Gasteiger partial charge on any atom is -0.497 e. The predicted octanol–water partition coefficient (Wildman–Crippen LogP) is 7.01. The smallest absolute Gasteiger partial charge is 0.339 e. The van der Waals surface area contributed by atoms with Crippen molar-refractivity contribution in [1.82, 2.24) is 4.98 Å². The maximum atomic E-state index is 13.7. The molecule has 4 rings (SSSR count). The number of rotatable bonds is 11. The van der Waals surface area contributed by atoms with Gasteiger partial charge in [-0.25, -0.2) is 18.6 Å². The van der Waals surface area contributed by atoms with Gasteiger partial charge in [0, 0.05) is 5.39 Å². The molecule has 3 aromatic carbocycles. The number of carbonyl (C=O) groups is 1. The van der Waals surface area contributed by atoms with E-state index >= 15 is 0 Å². The van der Waals surface area contributed by atoms with E-state index in [1.165, 1.54) is 31.4 Å². The standard InChI is InChI=1S/C29H24ClF2NO5/c1-36-22-9-10-27(23(15-22)29(34)35)38-17-28(37-12-11-31)20-4-2-3-18(13-20)5-7-21-8-6-19-14-25(32)24(30)16-26(19)33-21/h2-10,13-16,28H,11-12,17H2,1H3,(H,34,35)/b7-5+/t28-/m0/s1. The number of carboxylic acid groups (broad SMARTS) is 1. The zero-order valence-electron chi connectivity index (χ0n) is 20.4. The molecular weight excluding hydrogens is 516 g/mol. The van der Waals surface area contributed by atoms with Crippen LogP contribution in [0.1, 0.15) is 33.3 Å². The molecule has 9 heteroatoms. The molecule has 4 aromatic rings. The van der Waals surface area contributed by atoms with Crippen molar-refractivity contribution < 1.29 is 32.9 Å². The molecule has 1 heterocycles. The molecule has 1 atom stereocenters. The molecule has 0 amide bonds. The number of halogens is 3. The van der Waals surface area contributed by atoms with Gasteiger partial charge < -0.3 is 19.3 Å². The van der Waals surface area contributed by atoms with Gasteiger partial charge in [-0.3, -0.25) is 0 Å². The Bertz CT molecular complexity index is 1480. The fourth-order valence-electron chi connectivity index (χ4n) is 3.79. The fourth-order valence-corrected chi connectivity index (χ4v) is 3.95. The van der Waals surface area contributed by atoms with Gasteiger partial charge in [0.1, 0.15) is 42.3 Å². The Kier molecular flexibility index (Phi) is 8.89. The first-order valence-corrected chi connectivity index (χ1v) is 12.0. The van der Waals surface area contributed by atoms with Crippen molar-refractivity contribution in [1.29, 1.82) is 0 Å². The second-order valence-corrected chi connectivity index (χ2v) is 8.63. The number of aromatic carboxylic acids is 1. The van der Waals surface area contributed by atoms with Crippen molar-refractivity contribution >= 4 is 40.6 Å². The van der Waals surface area contributed by atoms with E-state index in [1.807, 2.05) is 30.3 Å². The minimum absolute atomic E-state index is 0.00508. The molecule has 0 bridgehead atoms. The highest BCUT2D eigenvalue weighted by molar-refractivity contribution is 6.31. The Morgan fingerprint density at radius 1 is 1.11 bits per heavy atom. The molecule has 196 valence electrons. The van der Waals surface area contributed by atoms with E-state index in [9.17, 15) is 18.7 Å². The van der Waals surface area contributed by atoms with Gasteiger partial charge in [0.2, 0.25) is 0 Å². The van der Waals surface area contributed by atoms with E-state index in [4.69, 9.17) is 25.8 Å². The third-order valence-corrected chi connectivity index (χ3v) is 5.97. The van der Waals surface area contributed by atoms with E-state index in [0.29, 0.717) is 22.3 Å². The predicted molar refractivity (Wildman–Crippen MR) is 142 cm³/mol. The van der Waals surface area contributed by atoms with Crippen LogP contribution >= 0.6 is 11.6 Å². The number of benzene rings is 3. The summed E-state index contributed by atoms with van der Waals surface area (Å²) in [7, 11) is 1.44. The van der Waals surface area contributed by atoms with Crippen molar-refractivity contribution in [3.8, 4) is 11.5 Å². The maximum absolute atomic E-state index is 13.7. The first-order chi connectivity index (χ1) is 18.4. The van der Waals surface area contributed by atoms with Crippen LogP contribution < -0.4 is 9.47 Å². The Balaban J connectivity index is 1.54. The monoisotopic (exact) mass is 539 g/mol. The first kappa shape index (κ1) is 27.0. The molecule has 0 aliphatic rings. The van der Waals surface area contributed by atoms with Gasteiger partial charge in [-0.15, -0.1) is 0 Å². The zero-order chi connectivity index (χ0) is 27.1. The van der Waals surface area contributed by atoms with Crippen LogP contribution in [0.25, 0.3) is 23.1 Å². The highest BCUT2D eigenvalue weighted by atomic mass is 35.5. The zero-order valence-corrected chi connectivity index (χ0v) is 21.1. The average Bonchev–Trinajstić information content (AvgIpc) is 2.92. The molecular formula is C29H24ClF2NO5. The van der Waals surface area contributed by atoms with Gasteiger partial charge in [0.05, 0.1) is 29.9 Å². The first-order valence-electron chi connectivity index (χ1n) is 11.6. The summed E-state index contributed by atoms with van der Waals surface area (Å²) in [5, 5.41) is 10.2. The molecule has 0 unspecified atom stereocenters. The normalized spacial score (nSPS) is 12.1. The molecule has 0 saturated heterocycles. The van der Waals surface area contributed by atoms with Gasteiger partial charge in [0.15, 0.2) is 0 Å². The second-order valence-electron chi connectivity index (χ2n) is 8.23. The number of alkyl halides is 1. The quantitative estimate of drug-likeness (QED) is 0.221. The summed E-state index contributed by atoms with van der Waals surface area (Å²) >= 11 is 5.89. The Hall–Kier alpha value is -4.01. The Morgan fingerprint density at radius 3 is 2.71 bits per heavy atom. The van der Waals surface area contributed by atoms with Crippen molar-refractivity contribution in [2.24, 2.45) is 0 Å². The minimum atomic E-state index is -1.16.